The highest BCUT2D eigenvalue weighted by Gasteiger charge is 2.29. The second-order valence-electron chi connectivity index (χ2n) is 5.86. The van der Waals surface area contributed by atoms with E-state index in [2.05, 4.69) is 15.4 Å². The van der Waals surface area contributed by atoms with Crippen molar-refractivity contribution in [3.8, 4) is 0 Å². The van der Waals surface area contributed by atoms with Gasteiger partial charge in [0, 0.05) is 19.2 Å². The number of ether oxygens (including phenoxy) is 1. The van der Waals surface area contributed by atoms with Gasteiger partial charge in [0.15, 0.2) is 17.8 Å². The number of hydrogen-bond donors (Lipinski definition) is 1. The fraction of sp³-hybridized carbons (Fsp3) is 0.533. The molecule has 1 N–H and O–H groups in total. The van der Waals surface area contributed by atoms with Crippen molar-refractivity contribution in [3.63, 3.8) is 0 Å². The molecule has 1 saturated heterocycles. The van der Waals surface area contributed by atoms with Crippen molar-refractivity contribution in [2.24, 2.45) is 5.92 Å². The molecule has 1 saturated carbocycles. The zero-order valence-electron chi connectivity index (χ0n) is 12.2. The zero-order chi connectivity index (χ0) is 14.9. The molecule has 1 aliphatic carbocycles. The molecule has 116 valence electrons. The molecule has 4 rings (SSSR count). The van der Waals surface area contributed by atoms with E-state index in [4.69, 9.17) is 9.15 Å². The number of amides is 1. The van der Waals surface area contributed by atoms with E-state index in [1.165, 1.54) is 19.2 Å². The van der Waals surface area contributed by atoms with Crippen LogP contribution in [0.2, 0.25) is 0 Å². The lowest BCUT2D eigenvalue weighted by Crippen LogP contribution is -2.18. The van der Waals surface area contributed by atoms with Gasteiger partial charge in [-0.2, -0.15) is 5.10 Å². The number of carbonyl (C=O) groups is 1. The van der Waals surface area contributed by atoms with Crippen LogP contribution >= 0.6 is 0 Å². The average molecular weight is 302 g/mol. The van der Waals surface area contributed by atoms with Gasteiger partial charge in [0.2, 0.25) is 0 Å². The van der Waals surface area contributed by atoms with Crippen LogP contribution in [0.15, 0.2) is 23.1 Å². The van der Waals surface area contributed by atoms with E-state index in [0.29, 0.717) is 29.8 Å². The summed E-state index contributed by atoms with van der Waals surface area (Å²) in [7, 11) is 0. The van der Waals surface area contributed by atoms with Crippen LogP contribution in [-0.4, -0.2) is 27.3 Å². The first-order valence-electron chi connectivity index (χ1n) is 7.69. The minimum Gasteiger partial charge on any atom is -0.445 e. The quantitative estimate of drug-likeness (QED) is 0.917. The maximum atomic E-state index is 12.5. The Hall–Kier alpha value is -2.15. The Bertz CT molecular complexity index is 668. The number of carbonyl (C=O) groups excluding carboxylic acids is 1. The van der Waals surface area contributed by atoms with Crippen molar-refractivity contribution in [2.45, 2.75) is 38.3 Å². The lowest BCUT2D eigenvalue weighted by molar-refractivity contribution is 0.0889. The molecule has 7 nitrogen and oxygen atoms in total. The SMILES string of the molecule is O=C(Nc1ccnn1CC1CC1)c1ncoc1[C@@H]1CCCO1. The number of nitrogens with one attached hydrogen (secondary N) is 1. The minimum atomic E-state index is -0.281. The largest absolute Gasteiger partial charge is 0.445 e. The van der Waals surface area contributed by atoms with E-state index in [1.54, 1.807) is 12.3 Å². The Kier molecular flexibility index (Phi) is 3.42. The summed E-state index contributed by atoms with van der Waals surface area (Å²) >= 11 is 0. The van der Waals surface area contributed by atoms with Crippen molar-refractivity contribution in [1.82, 2.24) is 14.8 Å². The van der Waals surface area contributed by atoms with Gasteiger partial charge in [0.05, 0.1) is 6.20 Å². The maximum absolute atomic E-state index is 12.5. The fourth-order valence-electron chi connectivity index (χ4n) is 2.74. The fourth-order valence-corrected chi connectivity index (χ4v) is 2.74. The van der Waals surface area contributed by atoms with E-state index in [1.807, 2.05) is 4.68 Å². The Morgan fingerprint density at radius 3 is 3.09 bits per heavy atom. The summed E-state index contributed by atoms with van der Waals surface area (Å²) in [4.78, 5) is 16.5. The van der Waals surface area contributed by atoms with Gasteiger partial charge in [0.25, 0.3) is 5.91 Å². The molecule has 1 amide bonds. The summed E-state index contributed by atoms with van der Waals surface area (Å²) in [5, 5.41) is 7.14. The van der Waals surface area contributed by atoms with Gasteiger partial charge in [-0.15, -0.1) is 0 Å². The van der Waals surface area contributed by atoms with Crippen molar-refractivity contribution < 1.29 is 13.9 Å². The first-order chi connectivity index (χ1) is 10.8. The predicted molar refractivity (Wildman–Crippen MR) is 77.3 cm³/mol. The van der Waals surface area contributed by atoms with E-state index < -0.39 is 0 Å². The van der Waals surface area contributed by atoms with Crippen LogP contribution in [0.5, 0.6) is 0 Å². The summed E-state index contributed by atoms with van der Waals surface area (Å²) in [5.41, 5.74) is 0.297. The number of hydrogen-bond acceptors (Lipinski definition) is 5. The molecule has 0 radical (unpaired) electrons. The van der Waals surface area contributed by atoms with Crippen LogP contribution in [0, 0.1) is 5.92 Å². The normalized spacial score (nSPS) is 21.2. The Morgan fingerprint density at radius 1 is 1.41 bits per heavy atom. The third-order valence-electron chi connectivity index (χ3n) is 4.12. The van der Waals surface area contributed by atoms with E-state index in [0.717, 1.165) is 19.4 Å². The number of rotatable bonds is 5. The van der Waals surface area contributed by atoms with E-state index in [9.17, 15) is 4.79 Å². The highest BCUT2D eigenvalue weighted by Crippen LogP contribution is 2.32. The molecule has 2 aliphatic rings. The van der Waals surface area contributed by atoms with Gasteiger partial charge in [-0.1, -0.05) is 0 Å². The third-order valence-corrected chi connectivity index (χ3v) is 4.12. The predicted octanol–water partition coefficient (Wildman–Crippen LogP) is 2.38. The van der Waals surface area contributed by atoms with Gasteiger partial charge in [-0.3, -0.25) is 4.79 Å². The van der Waals surface area contributed by atoms with Crippen LogP contribution in [0.25, 0.3) is 0 Å². The first kappa shape index (κ1) is 13.5. The monoisotopic (exact) mass is 302 g/mol. The Morgan fingerprint density at radius 2 is 2.32 bits per heavy atom. The Labute approximate surface area is 127 Å². The van der Waals surface area contributed by atoms with Crippen molar-refractivity contribution in [2.75, 3.05) is 11.9 Å². The van der Waals surface area contributed by atoms with Crippen LogP contribution in [0.4, 0.5) is 5.82 Å². The molecule has 2 aromatic rings. The van der Waals surface area contributed by atoms with E-state index in [-0.39, 0.29) is 12.0 Å². The molecular formula is C15H18N4O3. The highest BCUT2D eigenvalue weighted by molar-refractivity contribution is 6.03. The number of anilines is 1. The summed E-state index contributed by atoms with van der Waals surface area (Å²) in [6.45, 7) is 1.54. The summed E-state index contributed by atoms with van der Waals surface area (Å²) in [6, 6.07) is 1.80. The van der Waals surface area contributed by atoms with Crippen LogP contribution in [-0.2, 0) is 11.3 Å². The van der Waals surface area contributed by atoms with E-state index >= 15 is 0 Å². The smallest absolute Gasteiger partial charge is 0.279 e. The lowest BCUT2D eigenvalue weighted by atomic mass is 10.1. The summed E-state index contributed by atoms with van der Waals surface area (Å²) in [5.74, 6) is 1.61. The topological polar surface area (TPSA) is 82.2 Å². The summed E-state index contributed by atoms with van der Waals surface area (Å²) in [6.07, 6.45) is 7.13. The molecule has 2 fully saturated rings. The molecule has 2 aromatic heterocycles. The lowest BCUT2D eigenvalue weighted by Gasteiger charge is -2.10. The van der Waals surface area contributed by atoms with Gasteiger partial charge >= 0.3 is 0 Å². The van der Waals surface area contributed by atoms with Crippen LogP contribution in [0.1, 0.15) is 48.0 Å². The highest BCUT2D eigenvalue weighted by atomic mass is 16.5. The summed E-state index contributed by atoms with van der Waals surface area (Å²) < 4.78 is 12.8. The second kappa shape index (κ2) is 5.57. The standard InChI is InChI=1S/C15H18N4O3/c20-15(13-14(22-9-16-13)11-2-1-7-21-11)18-12-5-6-17-19(12)8-10-3-4-10/h5-6,9-11H,1-4,7-8H2,(H,18,20)/t11-/m0/s1. The van der Waals surface area contributed by atoms with Gasteiger partial charge in [0.1, 0.15) is 11.9 Å². The second-order valence-corrected chi connectivity index (χ2v) is 5.86. The van der Waals surface area contributed by atoms with Crippen molar-refractivity contribution in [3.05, 3.63) is 30.1 Å². The average Bonchev–Trinajstić information content (AvgIpc) is 2.96. The van der Waals surface area contributed by atoms with Crippen molar-refractivity contribution >= 4 is 11.7 Å². The maximum Gasteiger partial charge on any atom is 0.279 e. The molecule has 22 heavy (non-hydrogen) atoms. The van der Waals surface area contributed by atoms with Crippen LogP contribution < -0.4 is 5.32 Å². The molecule has 3 heterocycles. The molecule has 0 spiro atoms. The number of aromatic nitrogens is 3. The van der Waals surface area contributed by atoms with Crippen molar-refractivity contribution in [1.29, 1.82) is 0 Å². The first-order valence-corrected chi connectivity index (χ1v) is 7.69. The third kappa shape index (κ3) is 2.64. The van der Waals surface area contributed by atoms with Crippen LogP contribution in [0.3, 0.4) is 0 Å². The Balaban J connectivity index is 1.50. The van der Waals surface area contributed by atoms with Gasteiger partial charge in [-0.25, -0.2) is 9.67 Å². The molecule has 1 aliphatic heterocycles. The molecule has 0 aromatic carbocycles. The molecule has 7 heteroatoms. The zero-order valence-corrected chi connectivity index (χ0v) is 12.2. The molecule has 0 unspecified atom stereocenters. The molecule has 1 atom stereocenters. The number of nitrogens with zero attached hydrogens (tertiary/aromatic N) is 3. The number of oxazole rings is 1. The minimum absolute atomic E-state index is 0.167. The molecular weight excluding hydrogens is 284 g/mol. The van der Waals surface area contributed by atoms with Gasteiger partial charge < -0.3 is 14.5 Å². The van der Waals surface area contributed by atoms with Gasteiger partial charge in [-0.05, 0) is 31.6 Å². The molecule has 0 bridgehead atoms.